The van der Waals surface area contributed by atoms with E-state index in [0.717, 1.165) is 6.54 Å². The van der Waals surface area contributed by atoms with Gasteiger partial charge in [-0.25, -0.2) is 0 Å². The fourth-order valence-corrected chi connectivity index (χ4v) is 1.40. The molecule has 0 saturated carbocycles. The molecule has 0 amide bonds. The van der Waals surface area contributed by atoms with Crippen LogP contribution < -0.4 is 5.32 Å². The second-order valence-corrected chi connectivity index (χ2v) is 3.41. The smallest absolute Gasteiger partial charge is 0.375 e. The first-order valence-electron chi connectivity index (χ1n) is 4.78. The number of halogens is 3. The van der Waals surface area contributed by atoms with Crippen molar-refractivity contribution in [3.63, 3.8) is 0 Å². The fraction of sp³-hybridized carbons (Fsp3) is 0.750. The molecule has 1 saturated heterocycles. The molecule has 1 atom stereocenters. The van der Waals surface area contributed by atoms with Crippen LogP contribution >= 0.6 is 0 Å². The van der Waals surface area contributed by atoms with E-state index >= 15 is 0 Å². The molecule has 5 nitrogen and oxygen atoms in total. The predicted molar refractivity (Wildman–Crippen MR) is 45.6 cm³/mol. The maximum atomic E-state index is 12.2. The normalized spacial score (nSPS) is 22.3. The van der Waals surface area contributed by atoms with E-state index < -0.39 is 12.0 Å². The van der Waals surface area contributed by atoms with Crippen molar-refractivity contribution in [2.75, 3.05) is 19.7 Å². The largest absolute Gasteiger partial charge is 0.455 e. The Labute approximate surface area is 89.0 Å². The van der Waals surface area contributed by atoms with Gasteiger partial charge in [-0.3, -0.25) is 0 Å². The van der Waals surface area contributed by atoms with Crippen molar-refractivity contribution >= 4 is 0 Å². The Bertz CT molecular complexity index is 347. The molecule has 1 fully saturated rings. The van der Waals surface area contributed by atoms with Gasteiger partial charge in [0.25, 0.3) is 5.82 Å². The van der Waals surface area contributed by atoms with Gasteiger partial charge in [0.15, 0.2) is 0 Å². The second-order valence-electron chi connectivity index (χ2n) is 3.41. The molecule has 1 N–H and O–H groups in total. The summed E-state index contributed by atoms with van der Waals surface area (Å²) in [6.07, 6.45) is -4.58. The van der Waals surface area contributed by atoms with Crippen LogP contribution in [-0.2, 0) is 17.3 Å². The Balaban J connectivity index is 1.97. The lowest BCUT2D eigenvalue weighted by Gasteiger charge is -2.21. The first kappa shape index (κ1) is 11.3. The molecule has 90 valence electrons. The molecular weight excluding hydrogens is 227 g/mol. The van der Waals surface area contributed by atoms with Gasteiger partial charge in [0, 0.05) is 13.1 Å². The molecule has 0 bridgehead atoms. The number of hydrogen-bond donors (Lipinski definition) is 1. The summed E-state index contributed by atoms with van der Waals surface area (Å²) in [6.45, 7) is 1.85. The molecule has 1 aromatic heterocycles. The van der Waals surface area contributed by atoms with Gasteiger partial charge in [0.2, 0.25) is 5.89 Å². The Morgan fingerprint density at radius 3 is 2.81 bits per heavy atom. The van der Waals surface area contributed by atoms with Crippen molar-refractivity contribution in [3.05, 3.63) is 11.7 Å². The molecule has 0 aliphatic carbocycles. The number of nitrogens with zero attached hydrogens (tertiary/aromatic N) is 2. The Kier molecular flexibility index (Phi) is 3.10. The SMILES string of the molecule is FC(F)(F)c1noc(CC2CNCCO2)n1. The predicted octanol–water partition coefficient (Wildman–Crippen LogP) is 0.619. The third-order valence-electron chi connectivity index (χ3n) is 2.13. The lowest BCUT2D eigenvalue weighted by atomic mass is 10.2. The van der Waals surface area contributed by atoms with Crippen molar-refractivity contribution in [1.82, 2.24) is 15.5 Å². The highest BCUT2D eigenvalue weighted by Gasteiger charge is 2.37. The highest BCUT2D eigenvalue weighted by Crippen LogP contribution is 2.26. The van der Waals surface area contributed by atoms with Crippen LogP contribution in [0, 0.1) is 0 Å². The number of hydrogen-bond acceptors (Lipinski definition) is 5. The molecule has 1 aromatic rings. The molecule has 1 aliphatic rings. The molecular formula is C8H10F3N3O2. The molecule has 1 aliphatic heterocycles. The van der Waals surface area contributed by atoms with Gasteiger partial charge < -0.3 is 14.6 Å². The second kappa shape index (κ2) is 4.38. The standard InChI is InChI=1S/C8H10F3N3O2/c9-8(10,11)7-13-6(16-14-7)3-5-4-12-1-2-15-5/h5,12H,1-4H2. The van der Waals surface area contributed by atoms with Crippen molar-refractivity contribution < 1.29 is 22.4 Å². The Morgan fingerprint density at radius 2 is 2.25 bits per heavy atom. The van der Waals surface area contributed by atoms with E-state index in [-0.39, 0.29) is 18.4 Å². The summed E-state index contributed by atoms with van der Waals surface area (Å²) in [7, 11) is 0. The lowest BCUT2D eigenvalue weighted by Crippen LogP contribution is -2.39. The van der Waals surface area contributed by atoms with Gasteiger partial charge in [-0.1, -0.05) is 5.16 Å². The molecule has 0 spiro atoms. The highest BCUT2D eigenvalue weighted by molar-refractivity contribution is 4.92. The summed E-state index contributed by atoms with van der Waals surface area (Å²) < 4.78 is 46.3. The van der Waals surface area contributed by atoms with Gasteiger partial charge in [0.1, 0.15) is 0 Å². The van der Waals surface area contributed by atoms with E-state index in [1.54, 1.807) is 0 Å². The number of ether oxygens (including phenoxy) is 1. The van der Waals surface area contributed by atoms with Crippen LogP contribution in [0.1, 0.15) is 11.7 Å². The van der Waals surface area contributed by atoms with Crippen LogP contribution in [0.3, 0.4) is 0 Å². The lowest BCUT2D eigenvalue weighted by molar-refractivity contribution is -0.146. The maximum Gasteiger partial charge on any atom is 0.455 e. The summed E-state index contributed by atoms with van der Waals surface area (Å²) in [5.41, 5.74) is 0. The van der Waals surface area contributed by atoms with E-state index in [1.807, 2.05) is 0 Å². The summed E-state index contributed by atoms with van der Waals surface area (Å²) in [5, 5.41) is 5.92. The minimum Gasteiger partial charge on any atom is -0.375 e. The molecule has 8 heteroatoms. The van der Waals surface area contributed by atoms with Gasteiger partial charge in [0.05, 0.1) is 19.1 Å². The van der Waals surface area contributed by atoms with E-state index in [9.17, 15) is 13.2 Å². The van der Waals surface area contributed by atoms with E-state index in [1.165, 1.54) is 0 Å². The molecule has 0 radical (unpaired) electrons. The Morgan fingerprint density at radius 1 is 1.44 bits per heavy atom. The van der Waals surface area contributed by atoms with Crippen molar-refractivity contribution in [2.24, 2.45) is 0 Å². The van der Waals surface area contributed by atoms with Crippen LogP contribution in [0.5, 0.6) is 0 Å². The summed E-state index contributed by atoms with van der Waals surface area (Å²) in [6, 6.07) is 0. The first-order chi connectivity index (χ1) is 7.55. The average Bonchev–Trinajstić information content (AvgIpc) is 2.67. The van der Waals surface area contributed by atoms with E-state index in [2.05, 4.69) is 20.0 Å². The zero-order valence-electron chi connectivity index (χ0n) is 8.25. The van der Waals surface area contributed by atoms with Gasteiger partial charge in [-0.15, -0.1) is 0 Å². The number of morpholine rings is 1. The minimum absolute atomic E-state index is 0.0546. The number of nitrogens with one attached hydrogen (secondary N) is 1. The molecule has 16 heavy (non-hydrogen) atoms. The number of aromatic nitrogens is 2. The third-order valence-corrected chi connectivity index (χ3v) is 2.13. The van der Waals surface area contributed by atoms with Gasteiger partial charge >= 0.3 is 6.18 Å². The quantitative estimate of drug-likeness (QED) is 0.817. The van der Waals surface area contributed by atoms with Gasteiger partial charge in [-0.05, 0) is 0 Å². The summed E-state index contributed by atoms with van der Waals surface area (Å²) >= 11 is 0. The first-order valence-corrected chi connectivity index (χ1v) is 4.78. The third kappa shape index (κ3) is 2.70. The van der Waals surface area contributed by atoms with Crippen molar-refractivity contribution in [3.8, 4) is 0 Å². The fourth-order valence-electron chi connectivity index (χ4n) is 1.40. The average molecular weight is 237 g/mol. The van der Waals surface area contributed by atoms with Crippen LogP contribution in [0.2, 0.25) is 0 Å². The Hall–Kier alpha value is -1.15. The topological polar surface area (TPSA) is 60.2 Å². The van der Waals surface area contributed by atoms with Crippen LogP contribution in [0.15, 0.2) is 4.52 Å². The molecule has 1 unspecified atom stereocenters. The molecule has 2 heterocycles. The van der Waals surface area contributed by atoms with Gasteiger partial charge in [-0.2, -0.15) is 18.2 Å². The van der Waals surface area contributed by atoms with Crippen LogP contribution in [-0.4, -0.2) is 35.9 Å². The monoisotopic (exact) mass is 237 g/mol. The zero-order valence-corrected chi connectivity index (χ0v) is 8.25. The highest BCUT2D eigenvalue weighted by atomic mass is 19.4. The van der Waals surface area contributed by atoms with Crippen LogP contribution in [0.25, 0.3) is 0 Å². The maximum absolute atomic E-state index is 12.2. The van der Waals surface area contributed by atoms with E-state index in [0.29, 0.717) is 13.2 Å². The van der Waals surface area contributed by atoms with Crippen molar-refractivity contribution in [2.45, 2.75) is 18.7 Å². The number of rotatable bonds is 2. The molecule has 0 aromatic carbocycles. The van der Waals surface area contributed by atoms with Crippen molar-refractivity contribution in [1.29, 1.82) is 0 Å². The summed E-state index contributed by atoms with van der Waals surface area (Å²) in [5.74, 6) is -1.30. The molecule has 2 rings (SSSR count). The zero-order chi connectivity index (χ0) is 11.6. The van der Waals surface area contributed by atoms with E-state index in [4.69, 9.17) is 4.74 Å². The minimum atomic E-state index is -4.56. The number of alkyl halides is 3. The van der Waals surface area contributed by atoms with Crippen LogP contribution in [0.4, 0.5) is 13.2 Å². The summed E-state index contributed by atoms with van der Waals surface area (Å²) in [4.78, 5) is 3.27.